The van der Waals surface area contributed by atoms with E-state index in [2.05, 4.69) is 32.7 Å². The predicted octanol–water partition coefficient (Wildman–Crippen LogP) is 3.27. The van der Waals surface area contributed by atoms with E-state index < -0.39 is 5.91 Å². The van der Waals surface area contributed by atoms with Crippen LogP contribution >= 0.6 is 0 Å². The Bertz CT molecular complexity index is 1100. The topological polar surface area (TPSA) is 98.7 Å². The largest absolute Gasteiger partial charge is 0.328 e. The molecule has 4 aromatic rings. The van der Waals surface area contributed by atoms with Crippen molar-refractivity contribution in [2.45, 2.75) is 13.3 Å². The third-order valence-electron chi connectivity index (χ3n) is 4.05. The molecule has 0 radical (unpaired) electrons. The highest BCUT2D eigenvalue weighted by Gasteiger charge is 2.18. The maximum absolute atomic E-state index is 13.0. The van der Waals surface area contributed by atoms with E-state index in [1.165, 1.54) is 22.4 Å². The molecule has 0 aliphatic carbocycles. The smallest absolute Gasteiger partial charge is 0.316 e. The summed E-state index contributed by atoms with van der Waals surface area (Å²) in [5.74, 6) is -0.929. The number of carbonyl (C=O) groups is 1. The molecule has 2 aromatic carbocycles. The van der Waals surface area contributed by atoms with Crippen molar-refractivity contribution >= 4 is 11.6 Å². The van der Waals surface area contributed by atoms with Crippen molar-refractivity contribution in [2.75, 3.05) is 5.32 Å². The minimum Gasteiger partial charge on any atom is -0.328 e. The molecule has 8 nitrogen and oxygen atoms in total. The van der Waals surface area contributed by atoms with Gasteiger partial charge in [0.25, 0.3) is 0 Å². The molecule has 0 aliphatic heterocycles. The van der Waals surface area contributed by atoms with Crippen molar-refractivity contribution < 1.29 is 13.7 Å². The number of anilines is 1. The number of aryl methyl sites for hydroxylation is 1. The zero-order chi connectivity index (χ0) is 19.5. The first-order chi connectivity index (χ1) is 13.6. The van der Waals surface area contributed by atoms with Crippen LogP contribution in [0.15, 0.2) is 59.3 Å². The monoisotopic (exact) mass is 378 g/mol. The normalized spacial score (nSPS) is 10.8. The van der Waals surface area contributed by atoms with Gasteiger partial charge in [0.2, 0.25) is 5.82 Å². The molecule has 1 amide bonds. The van der Waals surface area contributed by atoms with E-state index in [4.69, 9.17) is 4.52 Å². The molecule has 0 bridgehead atoms. The van der Waals surface area contributed by atoms with E-state index in [-0.39, 0.29) is 17.5 Å². The molecule has 0 aliphatic rings. The van der Waals surface area contributed by atoms with Crippen molar-refractivity contribution in [3.05, 3.63) is 72.0 Å². The Balaban J connectivity index is 1.49. The lowest BCUT2D eigenvalue weighted by atomic mass is 10.1. The Morgan fingerprint density at radius 3 is 2.61 bits per heavy atom. The van der Waals surface area contributed by atoms with Crippen LogP contribution in [-0.4, -0.2) is 31.0 Å². The quantitative estimate of drug-likeness (QED) is 0.572. The van der Waals surface area contributed by atoms with Crippen LogP contribution in [0.25, 0.3) is 17.2 Å². The van der Waals surface area contributed by atoms with Gasteiger partial charge < -0.3 is 9.84 Å². The minimum atomic E-state index is -0.520. The van der Waals surface area contributed by atoms with Gasteiger partial charge in [-0.05, 0) is 48.4 Å². The van der Waals surface area contributed by atoms with Gasteiger partial charge in [-0.15, -0.1) is 5.10 Å². The standard InChI is InChI=1S/C19H15FN6O2/c1-2-12-3-7-14(8-4-12)21-18(27)19-22-17(24-28-19)16-11-26(25-23-16)15-9-5-13(20)6-10-15/h3-11H,2H2,1H3,(H,21,27). The van der Waals surface area contributed by atoms with Gasteiger partial charge in [-0.3, -0.25) is 4.79 Å². The summed E-state index contributed by atoms with van der Waals surface area (Å²) in [6.45, 7) is 2.06. The Morgan fingerprint density at radius 1 is 1.14 bits per heavy atom. The van der Waals surface area contributed by atoms with Gasteiger partial charge >= 0.3 is 11.8 Å². The van der Waals surface area contributed by atoms with Gasteiger partial charge in [-0.2, -0.15) is 4.98 Å². The average molecular weight is 378 g/mol. The third-order valence-corrected chi connectivity index (χ3v) is 4.05. The Kier molecular flexibility index (Phi) is 4.63. The van der Waals surface area contributed by atoms with Crippen LogP contribution in [0.5, 0.6) is 0 Å². The zero-order valence-electron chi connectivity index (χ0n) is 14.8. The summed E-state index contributed by atoms with van der Waals surface area (Å²) >= 11 is 0. The van der Waals surface area contributed by atoms with Gasteiger partial charge in [0.05, 0.1) is 11.9 Å². The van der Waals surface area contributed by atoms with E-state index in [9.17, 15) is 9.18 Å². The molecule has 0 fully saturated rings. The van der Waals surface area contributed by atoms with Gasteiger partial charge in [-0.1, -0.05) is 29.4 Å². The lowest BCUT2D eigenvalue weighted by Gasteiger charge is -2.02. The lowest BCUT2D eigenvalue weighted by Crippen LogP contribution is -2.12. The van der Waals surface area contributed by atoms with Crippen LogP contribution in [0.2, 0.25) is 0 Å². The summed E-state index contributed by atoms with van der Waals surface area (Å²) in [5.41, 5.74) is 2.74. The predicted molar refractivity (Wildman–Crippen MR) is 98.4 cm³/mol. The first kappa shape index (κ1) is 17.5. The molecule has 1 N–H and O–H groups in total. The molecular formula is C19H15FN6O2. The molecule has 28 heavy (non-hydrogen) atoms. The van der Waals surface area contributed by atoms with Crippen molar-refractivity contribution in [3.8, 4) is 17.2 Å². The molecule has 0 saturated carbocycles. The molecule has 2 aromatic heterocycles. The van der Waals surface area contributed by atoms with Crippen LogP contribution in [0.1, 0.15) is 23.2 Å². The molecule has 2 heterocycles. The maximum Gasteiger partial charge on any atom is 0.316 e. The number of aromatic nitrogens is 5. The summed E-state index contributed by atoms with van der Waals surface area (Å²) < 4.78 is 19.5. The van der Waals surface area contributed by atoms with E-state index in [0.29, 0.717) is 17.1 Å². The number of nitrogens with zero attached hydrogens (tertiary/aromatic N) is 5. The van der Waals surface area contributed by atoms with Crippen molar-refractivity contribution in [2.24, 2.45) is 0 Å². The number of hydrogen-bond acceptors (Lipinski definition) is 6. The number of amides is 1. The fourth-order valence-electron chi connectivity index (χ4n) is 2.51. The Hall–Kier alpha value is -3.88. The van der Waals surface area contributed by atoms with Gasteiger partial charge in [0.1, 0.15) is 5.82 Å². The van der Waals surface area contributed by atoms with Crippen LogP contribution in [0.3, 0.4) is 0 Å². The van der Waals surface area contributed by atoms with Gasteiger partial charge in [-0.25, -0.2) is 9.07 Å². The van der Waals surface area contributed by atoms with Crippen LogP contribution < -0.4 is 5.32 Å². The highest BCUT2D eigenvalue weighted by Crippen LogP contribution is 2.16. The molecule has 0 atom stereocenters. The number of benzene rings is 2. The molecule has 0 spiro atoms. The Labute approximate surface area is 159 Å². The molecule has 140 valence electrons. The molecule has 4 rings (SSSR count). The summed E-state index contributed by atoms with van der Waals surface area (Å²) in [6.07, 6.45) is 2.48. The second-order valence-corrected chi connectivity index (χ2v) is 5.95. The minimum absolute atomic E-state index is 0.125. The van der Waals surface area contributed by atoms with E-state index >= 15 is 0 Å². The van der Waals surface area contributed by atoms with E-state index in [1.807, 2.05) is 24.3 Å². The summed E-state index contributed by atoms with van der Waals surface area (Å²) in [5, 5.41) is 14.4. The molecule has 0 unspecified atom stereocenters. The number of halogens is 1. The number of rotatable bonds is 5. The second kappa shape index (κ2) is 7.39. The highest BCUT2D eigenvalue weighted by atomic mass is 19.1. The van der Waals surface area contributed by atoms with Crippen molar-refractivity contribution in [1.82, 2.24) is 25.1 Å². The Morgan fingerprint density at radius 2 is 1.89 bits per heavy atom. The van der Waals surface area contributed by atoms with E-state index in [1.54, 1.807) is 18.3 Å². The summed E-state index contributed by atoms with van der Waals surface area (Å²) in [4.78, 5) is 16.4. The van der Waals surface area contributed by atoms with Crippen molar-refractivity contribution in [1.29, 1.82) is 0 Å². The van der Waals surface area contributed by atoms with Gasteiger partial charge in [0.15, 0.2) is 5.69 Å². The zero-order valence-corrected chi connectivity index (χ0v) is 14.8. The SMILES string of the molecule is CCc1ccc(NC(=O)c2nc(-c3cn(-c4ccc(F)cc4)nn3)no2)cc1. The van der Waals surface area contributed by atoms with Gasteiger partial charge in [0, 0.05) is 5.69 Å². The fraction of sp³-hybridized carbons (Fsp3) is 0.105. The first-order valence-electron chi connectivity index (χ1n) is 8.55. The van der Waals surface area contributed by atoms with Crippen LogP contribution in [0.4, 0.5) is 10.1 Å². The second-order valence-electron chi connectivity index (χ2n) is 5.95. The first-order valence-corrected chi connectivity index (χ1v) is 8.55. The summed E-state index contributed by atoms with van der Waals surface area (Å²) in [7, 11) is 0. The fourth-order valence-corrected chi connectivity index (χ4v) is 2.51. The molecular weight excluding hydrogens is 363 g/mol. The van der Waals surface area contributed by atoms with Crippen molar-refractivity contribution in [3.63, 3.8) is 0 Å². The number of nitrogens with one attached hydrogen (secondary N) is 1. The maximum atomic E-state index is 13.0. The summed E-state index contributed by atoms with van der Waals surface area (Å²) in [6, 6.07) is 13.2. The number of carbonyl (C=O) groups excluding carboxylic acids is 1. The molecule has 0 saturated heterocycles. The lowest BCUT2D eigenvalue weighted by molar-refractivity contribution is 0.0981. The third kappa shape index (κ3) is 3.63. The van der Waals surface area contributed by atoms with Crippen LogP contribution in [0, 0.1) is 5.82 Å². The van der Waals surface area contributed by atoms with Crippen LogP contribution in [-0.2, 0) is 6.42 Å². The number of hydrogen-bond donors (Lipinski definition) is 1. The van der Waals surface area contributed by atoms with E-state index in [0.717, 1.165) is 6.42 Å². The average Bonchev–Trinajstić information content (AvgIpc) is 3.39. The molecule has 9 heteroatoms. The highest BCUT2D eigenvalue weighted by molar-refractivity contribution is 6.01.